The van der Waals surface area contributed by atoms with E-state index in [0.29, 0.717) is 12.1 Å². The van der Waals surface area contributed by atoms with Crippen molar-refractivity contribution in [2.24, 2.45) is 0 Å². The van der Waals surface area contributed by atoms with Crippen LogP contribution in [0.15, 0.2) is 0 Å². The number of carbonyl (C=O) groups is 2. The van der Waals surface area contributed by atoms with Gasteiger partial charge in [0.1, 0.15) is 0 Å². The summed E-state index contributed by atoms with van der Waals surface area (Å²) in [6.45, 7) is 7.97. The van der Waals surface area contributed by atoms with E-state index in [1.165, 1.54) is 0 Å². The topological polar surface area (TPSA) is 70.7 Å². The molecule has 98 valence electrons. The minimum Gasteiger partial charge on any atom is -0.450 e. The minimum absolute atomic E-state index is 0.228. The van der Waals surface area contributed by atoms with Crippen molar-refractivity contribution in [2.45, 2.75) is 32.9 Å². The predicted molar refractivity (Wildman–Crippen MR) is 63.7 cm³/mol. The number of rotatable bonds is 3. The van der Waals surface area contributed by atoms with Crippen LogP contribution in [0.25, 0.3) is 0 Å². The van der Waals surface area contributed by atoms with E-state index in [2.05, 4.69) is 34.1 Å². The van der Waals surface area contributed by atoms with Crippen LogP contribution in [0.3, 0.4) is 0 Å². The van der Waals surface area contributed by atoms with E-state index in [0.717, 1.165) is 13.1 Å². The zero-order valence-corrected chi connectivity index (χ0v) is 10.7. The largest absolute Gasteiger partial charge is 0.450 e. The second-order valence-corrected chi connectivity index (χ2v) is 4.36. The number of hydrogen-bond acceptors (Lipinski definition) is 5. The summed E-state index contributed by atoms with van der Waals surface area (Å²) in [4.78, 5) is 24.7. The molecule has 0 radical (unpaired) electrons. The molecule has 2 unspecified atom stereocenters. The molecule has 0 aromatic rings. The third-order valence-corrected chi connectivity index (χ3v) is 2.76. The maximum atomic E-state index is 11.6. The molecule has 1 aliphatic heterocycles. The number of amides is 2. The number of piperazine rings is 1. The fourth-order valence-corrected chi connectivity index (χ4v) is 1.82. The van der Waals surface area contributed by atoms with Crippen LogP contribution < -0.4 is 10.6 Å². The highest BCUT2D eigenvalue weighted by Gasteiger charge is 2.24. The van der Waals surface area contributed by atoms with Crippen molar-refractivity contribution in [1.29, 1.82) is 0 Å². The lowest BCUT2D eigenvalue weighted by Gasteiger charge is -2.36. The Morgan fingerprint density at radius 2 is 2.18 bits per heavy atom. The summed E-state index contributed by atoms with van der Waals surface area (Å²) in [5.41, 5.74) is 0. The number of nitrogens with zero attached hydrogens (tertiary/aromatic N) is 1. The van der Waals surface area contributed by atoms with E-state index in [1.54, 1.807) is 6.92 Å². The third kappa shape index (κ3) is 4.70. The number of ether oxygens (including phenoxy) is 1. The first kappa shape index (κ1) is 13.9. The Morgan fingerprint density at radius 1 is 1.47 bits per heavy atom. The Morgan fingerprint density at radius 3 is 2.82 bits per heavy atom. The number of alkyl carbamates (subject to hydrolysis) is 1. The molecule has 2 atom stereocenters. The first-order chi connectivity index (χ1) is 8.02. The van der Waals surface area contributed by atoms with Gasteiger partial charge in [-0.15, -0.1) is 0 Å². The van der Waals surface area contributed by atoms with Crippen molar-refractivity contribution < 1.29 is 14.3 Å². The van der Waals surface area contributed by atoms with Crippen molar-refractivity contribution in [1.82, 2.24) is 15.5 Å². The van der Waals surface area contributed by atoms with E-state index in [1.807, 2.05) is 0 Å². The highest BCUT2D eigenvalue weighted by Crippen LogP contribution is 2.05. The molecule has 1 aliphatic rings. The first-order valence-electron chi connectivity index (χ1n) is 5.97. The van der Waals surface area contributed by atoms with Crippen molar-refractivity contribution in [3.63, 3.8) is 0 Å². The molecule has 0 aliphatic carbocycles. The SMILES string of the molecule is CCOC(=O)NC(=O)CN1CC(C)NCC1C. The molecule has 2 N–H and O–H groups in total. The monoisotopic (exact) mass is 243 g/mol. The lowest BCUT2D eigenvalue weighted by Crippen LogP contribution is -2.56. The van der Waals surface area contributed by atoms with Crippen molar-refractivity contribution in [3.8, 4) is 0 Å². The summed E-state index contributed by atoms with van der Waals surface area (Å²) in [7, 11) is 0. The van der Waals surface area contributed by atoms with Gasteiger partial charge >= 0.3 is 6.09 Å². The van der Waals surface area contributed by atoms with Crippen molar-refractivity contribution >= 4 is 12.0 Å². The number of hydrogen-bond donors (Lipinski definition) is 2. The van der Waals surface area contributed by atoms with Gasteiger partial charge in [-0.25, -0.2) is 4.79 Å². The quantitative estimate of drug-likeness (QED) is 0.727. The standard InChI is InChI=1S/C11H21N3O3/c1-4-17-11(16)13-10(15)7-14-6-8(2)12-5-9(14)3/h8-9,12H,4-7H2,1-3H3,(H,13,15,16). The molecular weight excluding hydrogens is 222 g/mol. The number of nitrogens with one attached hydrogen (secondary N) is 2. The van der Waals surface area contributed by atoms with Crippen LogP contribution >= 0.6 is 0 Å². The Kier molecular flexibility index (Phi) is 5.37. The zero-order chi connectivity index (χ0) is 12.8. The summed E-state index contributed by atoms with van der Waals surface area (Å²) in [6, 6.07) is 0.653. The summed E-state index contributed by atoms with van der Waals surface area (Å²) < 4.78 is 4.65. The second-order valence-electron chi connectivity index (χ2n) is 4.36. The molecule has 6 nitrogen and oxygen atoms in total. The number of carbonyl (C=O) groups excluding carboxylic acids is 2. The third-order valence-electron chi connectivity index (χ3n) is 2.76. The normalized spacial score (nSPS) is 25.4. The summed E-state index contributed by atoms with van der Waals surface area (Å²) in [5, 5.41) is 5.53. The van der Waals surface area contributed by atoms with E-state index in [9.17, 15) is 9.59 Å². The molecule has 0 aromatic carbocycles. The molecule has 2 amide bonds. The van der Waals surface area contributed by atoms with E-state index in [4.69, 9.17) is 0 Å². The van der Waals surface area contributed by atoms with Gasteiger partial charge < -0.3 is 10.1 Å². The molecule has 1 rings (SSSR count). The van der Waals surface area contributed by atoms with Gasteiger partial charge in [-0.1, -0.05) is 0 Å². The minimum atomic E-state index is -0.673. The van der Waals surface area contributed by atoms with Crippen LogP contribution in [-0.2, 0) is 9.53 Å². The lowest BCUT2D eigenvalue weighted by atomic mass is 10.1. The fraction of sp³-hybridized carbons (Fsp3) is 0.818. The van der Waals surface area contributed by atoms with Gasteiger partial charge in [0.2, 0.25) is 5.91 Å². The van der Waals surface area contributed by atoms with Crippen molar-refractivity contribution in [2.75, 3.05) is 26.2 Å². The Hall–Kier alpha value is -1.14. The van der Waals surface area contributed by atoms with Crippen LogP contribution in [0, 0.1) is 0 Å². The molecule has 0 bridgehead atoms. The Labute approximate surface area is 102 Å². The molecule has 1 heterocycles. The molecule has 17 heavy (non-hydrogen) atoms. The molecule has 6 heteroatoms. The summed E-state index contributed by atoms with van der Waals surface area (Å²) in [6.07, 6.45) is -0.673. The first-order valence-corrected chi connectivity index (χ1v) is 5.97. The van der Waals surface area contributed by atoms with Crippen LogP contribution in [0.1, 0.15) is 20.8 Å². The van der Waals surface area contributed by atoms with Gasteiger partial charge in [-0.05, 0) is 20.8 Å². The maximum Gasteiger partial charge on any atom is 0.413 e. The van der Waals surface area contributed by atoms with Gasteiger partial charge in [0.25, 0.3) is 0 Å². The molecule has 0 spiro atoms. The molecule has 0 saturated carbocycles. The molecule has 1 saturated heterocycles. The fourth-order valence-electron chi connectivity index (χ4n) is 1.82. The van der Waals surface area contributed by atoms with Crippen LogP contribution in [-0.4, -0.2) is 55.2 Å². The zero-order valence-electron chi connectivity index (χ0n) is 10.7. The lowest BCUT2D eigenvalue weighted by molar-refractivity contribution is -0.122. The van der Waals surface area contributed by atoms with Crippen LogP contribution in [0.2, 0.25) is 0 Å². The van der Waals surface area contributed by atoms with Gasteiger partial charge in [-0.2, -0.15) is 0 Å². The van der Waals surface area contributed by atoms with Gasteiger partial charge in [0, 0.05) is 25.2 Å². The molecule has 0 aromatic heterocycles. The summed E-state index contributed by atoms with van der Waals surface area (Å²) >= 11 is 0. The predicted octanol–water partition coefficient (Wildman–Crippen LogP) is -0.0587. The van der Waals surface area contributed by atoms with E-state index in [-0.39, 0.29) is 19.1 Å². The van der Waals surface area contributed by atoms with Gasteiger partial charge in [0.15, 0.2) is 0 Å². The highest BCUT2D eigenvalue weighted by atomic mass is 16.5. The average Bonchev–Trinajstić information content (AvgIpc) is 2.23. The Bertz CT molecular complexity index is 283. The van der Waals surface area contributed by atoms with Gasteiger partial charge in [-0.3, -0.25) is 15.0 Å². The Balaban J connectivity index is 2.36. The second kappa shape index (κ2) is 6.56. The molecular formula is C11H21N3O3. The van der Waals surface area contributed by atoms with Gasteiger partial charge in [0.05, 0.1) is 13.2 Å². The van der Waals surface area contributed by atoms with Crippen LogP contribution in [0.5, 0.6) is 0 Å². The molecule has 1 fully saturated rings. The van der Waals surface area contributed by atoms with Crippen molar-refractivity contribution in [3.05, 3.63) is 0 Å². The summed E-state index contributed by atoms with van der Waals surface area (Å²) in [5.74, 6) is -0.315. The smallest absolute Gasteiger partial charge is 0.413 e. The number of imide groups is 1. The van der Waals surface area contributed by atoms with E-state index >= 15 is 0 Å². The maximum absolute atomic E-state index is 11.6. The average molecular weight is 243 g/mol. The van der Waals surface area contributed by atoms with Crippen LogP contribution in [0.4, 0.5) is 4.79 Å². The van der Waals surface area contributed by atoms with E-state index < -0.39 is 6.09 Å². The highest BCUT2D eigenvalue weighted by molar-refractivity contribution is 5.92.